The molecule has 8 heteroatoms. The van der Waals surface area contributed by atoms with Gasteiger partial charge in [-0.15, -0.1) is 11.3 Å². The molecule has 0 amide bonds. The van der Waals surface area contributed by atoms with Gasteiger partial charge >= 0.3 is 0 Å². The standard InChI is InChI=1S/C23H38N6OS/c1-6-19-18(20(7-2)28(5)27-19)15-25-23(24-8-3)26-16-21(22-10-9-17(4)31-22)29-11-13-30-14-12-29/h9-10,21H,6-8,11-16H2,1-5H3,(H2,24,25,26). The van der Waals surface area contributed by atoms with Crippen molar-refractivity contribution < 1.29 is 4.74 Å². The van der Waals surface area contributed by atoms with Crippen molar-refractivity contribution in [2.24, 2.45) is 12.0 Å². The fraction of sp³-hybridized carbons (Fsp3) is 0.652. The van der Waals surface area contributed by atoms with Crippen molar-refractivity contribution >= 4 is 17.3 Å². The number of nitrogens with zero attached hydrogens (tertiary/aromatic N) is 4. The number of guanidine groups is 1. The zero-order valence-corrected chi connectivity index (χ0v) is 20.5. The summed E-state index contributed by atoms with van der Waals surface area (Å²) < 4.78 is 7.60. The largest absolute Gasteiger partial charge is 0.379 e. The quantitative estimate of drug-likeness (QED) is 0.458. The van der Waals surface area contributed by atoms with Crippen LogP contribution in [0.2, 0.25) is 0 Å². The Labute approximate surface area is 190 Å². The summed E-state index contributed by atoms with van der Waals surface area (Å²) in [6.45, 7) is 14.5. The molecule has 3 heterocycles. The average Bonchev–Trinajstić information content (AvgIpc) is 3.34. The lowest BCUT2D eigenvalue weighted by molar-refractivity contribution is 0.0177. The molecule has 1 saturated heterocycles. The predicted octanol–water partition coefficient (Wildman–Crippen LogP) is 3.04. The molecule has 2 aromatic rings. The first kappa shape index (κ1) is 23.8. The van der Waals surface area contributed by atoms with Gasteiger partial charge in [0.25, 0.3) is 0 Å². The van der Waals surface area contributed by atoms with Crippen molar-refractivity contribution in [2.75, 3.05) is 39.4 Å². The first-order chi connectivity index (χ1) is 15.1. The van der Waals surface area contributed by atoms with Gasteiger partial charge in [0.05, 0.1) is 31.5 Å². The summed E-state index contributed by atoms with van der Waals surface area (Å²) in [4.78, 5) is 10.2. The highest BCUT2D eigenvalue weighted by molar-refractivity contribution is 7.12. The minimum absolute atomic E-state index is 0.322. The Kier molecular flexibility index (Phi) is 8.92. The van der Waals surface area contributed by atoms with Gasteiger partial charge in [-0.3, -0.25) is 9.58 Å². The van der Waals surface area contributed by atoms with Crippen LogP contribution in [0.25, 0.3) is 0 Å². The molecule has 0 aromatic carbocycles. The Morgan fingerprint density at radius 1 is 1.19 bits per heavy atom. The molecular formula is C23H38N6OS. The Balaban J connectivity index is 1.75. The first-order valence-corrected chi connectivity index (χ1v) is 12.3. The van der Waals surface area contributed by atoms with Crippen molar-refractivity contribution in [1.82, 2.24) is 25.3 Å². The number of ether oxygens (including phenoxy) is 1. The summed E-state index contributed by atoms with van der Waals surface area (Å²) in [6, 6.07) is 4.80. The van der Waals surface area contributed by atoms with Gasteiger partial charge < -0.3 is 15.4 Å². The van der Waals surface area contributed by atoms with Crippen LogP contribution in [-0.4, -0.2) is 60.0 Å². The molecule has 1 fully saturated rings. The number of rotatable bonds is 9. The van der Waals surface area contributed by atoms with Crippen LogP contribution in [0.4, 0.5) is 0 Å². The minimum Gasteiger partial charge on any atom is -0.379 e. The van der Waals surface area contributed by atoms with Crippen LogP contribution >= 0.6 is 11.3 Å². The summed E-state index contributed by atoms with van der Waals surface area (Å²) in [5.41, 5.74) is 3.69. The highest BCUT2D eigenvalue weighted by Gasteiger charge is 2.24. The molecular weight excluding hydrogens is 408 g/mol. The summed E-state index contributed by atoms with van der Waals surface area (Å²) in [5, 5.41) is 11.7. The second-order valence-electron chi connectivity index (χ2n) is 7.89. The van der Waals surface area contributed by atoms with Crippen LogP contribution in [0.1, 0.15) is 53.5 Å². The van der Waals surface area contributed by atoms with E-state index in [2.05, 4.69) is 55.4 Å². The molecule has 1 unspecified atom stereocenters. The van der Waals surface area contributed by atoms with E-state index < -0.39 is 0 Å². The van der Waals surface area contributed by atoms with Gasteiger partial charge in [0.15, 0.2) is 5.96 Å². The highest BCUT2D eigenvalue weighted by Crippen LogP contribution is 2.28. The van der Waals surface area contributed by atoms with Crippen LogP contribution in [0.3, 0.4) is 0 Å². The second kappa shape index (κ2) is 11.6. The Hall–Kier alpha value is -1.90. The maximum Gasteiger partial charge on any atom is 0.191 e. The summed E-state index contributed by atoms with van der Waals surface area (Å²) in [5.74, 6) is 0.863. The van der Waals surface area contributed by atoms with Crippen molar-refractivity contribution in [3.63, 3.8) is 0 Å². The third kappa shape index (κ3) is 6.08. The van der Waals surface area contributed by atoms with Gasteiger partial charge in [-0.1, -0.05) is 13.8 Å². The van der Waals surface area contributed by atoms with Crippen LogP contribution in [0.15, 0.2) is 17.1 Å². The van der Waals surface area contributed by atoms with E-state index in [-0.39, 0.29) is 0 Å². The first-order valence-electron chi connectivity index (χ1n) is 11.5. The normalized spacial score (nSPS) is 16.5. The molecule has 172 valence electrons. The van der Waals surface area contributed by atoms with E-state index in [1.54, 1.807) is 0 Å². The topological polar surface area (TPSA) is 66.7 Å². The Morgan fingerprint density at radius 3 is 2.58 bits per heavy atom. The second-order valence-corrected chi connectivity index (χ2v) is 9.21. The summed E-state index contributed by atoms with van der Waals surface area (Å²) in [6.07, 6.45) is 1.90. The lowest BCUT2D eigenvalue weighted by Crippen LogP contribution is -2.46. The minimum atomic E-state index is 0.322. The highest BCUT2D eigenvalue weighted by atomic mass is 32.1. The average molecular weight is 447 g/mol. The number of thiophene rings is 1. The molecule has 7 nitrogen and oxygen atoms in total. The van der Waals surface area contributed by atoms with Crippen molar-refractivity contribution in [3.05, 3.63) is 38.8 Å². The third-order valence-electron chi connectivity index (χ3n) is 5.81. The Morgan fingerprint density at radius 2 is 1.97 bits per heavy atom. The molecule has 31 heavy (non-hydrogen) atoms. The lowest BCUT2D eigenvalue weighted by Gasteiger charge is -2.34. The van der Waals surface area contributed by atoms with E-state index in [4.69, 9.17) is 14.8 Å². The zero-order chi connectivity index (χ0) is 22.2. The number of nitrogens with one attached hydrogen (secondary N) is 2. The van der Waals surface area contributed by atoms with Crippen LogP contribution in [0, 0.1) is 6.92 Å². The maximum absolute atomic E-state index is 5.59. The van der Waals surface area contributed by atoms with Crippen LogP contribution < -0.4 is 10.6 Å². The Bertz CT molecular complexity index is 852. The van der Waals surface area contributed by atoms with Gasteiger partial charge in [0.2, 0.25) is 0 Å². The van der Waals surface area contributed by atoms with Crippen LogP contribution in [-0.2, 0) is 31.2 Å². The number of aliphatic imine (C=N–C) groups is 1. The molecule has 1 atom stereocenters. The number of hydrogen-bond donors (Lipinski definition) is 2. The zero-order valence-electron chi connectivity index (χ0n) is 19.7. The van der Waals surface area contributed by atoms with Gasteiger partial charge in [0, 0.05) is 54.2 Å². The molecule has 2 N–H and O–H groups in total. The van der Waals surface area contributed by atoms with Gasteiger partial charge in [-0.25, -0.2) is 4.99 Å². The monoisotopic (exact) mass is 446 g/mol. The number of aromatic nitrogens is 2. The summed E-state index contributed by atoms with van der Waals surface area (Å²) in [7, 11) is 2.03. The molecule has 1 aliphatic rings. The van der Waals surface area contributed by atoms with Crippen molar-refractivity contribution in [1.29, 1.82) is 0 Å². The molecule has 2 aromatic heterocycles. The smallest absolute Gasteiger partial charge is 0.191 e. The number of hydrogen-bond acceptors (Lipinski definition) is 5. The van der Waals surface area contributed by atoms with Crippen LogP contribution in [0.5, 0.6) is 0 Å². The molecule has 0 saturated carbocycles. The van der Waals surface area contributed by atoms with Gasteiger partial charge in [-0.2, -0.15) is 5.10 Å². The van der Waals surface area contributed by atoms with Crippen molar-refractivity contribution in [2.45, 2.75) is 53.1 Å². The molecule has 0 spiro atoms. The number of morpholine rings is 1. The number of aryl methyl sites for hydroxylation is 3. The van der Waals surface area contributed by atoms with E-state index in [1.807, 2.05) is 23.1 Å². The summed E-state index contributed by atoms with van der Waals surface area (Å²) >= 11 is 1.88. The van der Waals surface area contributed by atoms with E-state index in [0.29, 0.717) is 12.6 Å². The SMILES string of the molecule is CCNC(=NCc1c(CC)nn(C)c1CC)NCC(c1ccc(C)s1)N1CCOCC1. The molecule has 0 bridgehead atoms. The van der Waals surface area contributed by atoms with E-state index in [9.17, 15) is 0 Å². The predicted molar refractivity (Wildman–Crippen MR) is 129 cm³/mol. The maximum atomic E-state index is 5.59. The van der Waals surface area contributed by atoms with Crippen molar-refractivity contribution in [3.8, 4) is 0 Å². The van der Waals surface area contributed by atoms with E-state index >= 15 is 0 Å². The fourth-order valence-corrected chi connectivity index (χ4v) is 5.21. The van der Waals surface area contributed by atoms with E-state index in [1.165, 1.54) is 21.0 Å². The fourth-order valence-electron chi connectivity index (χ4n) is 4.20. The molecule has 1 aliphatic heterocycles. The molecule has 0 aliphatic carbocycles. The molecule has 0 radical (unpaired) electrons. The lowest BCUT2D eigenvalue weighted by atomic mass is 10.1. The van der Waals surface area contributed by atoms with Gasteiger partial charge in [0.1, 0.15) is 0 Å². The molecule has 3 rings (SSSR count). The van der Waals surface area contributed by atoms with Gasteiger partial charge in [-0.05, 0) is 38.8 Å². The third-order valence-corrected chi connectivity index (χ3v) is 6.91. The van der Waals surface area contributed by atoms with E-state index in [0.717, 1.165) is 63.9 Å².